The molecule has 2 aromatic carbocycles. The van der Waals surface area contributed by atoms with Gasteiger partial charge in [0.15, 0.2) is 5.82 Å². The Morgan fingerprint density at radius 2 is 1.90 bits per heavy atom. The maximum atomic E-state index is 13.2. The average molecular weight is 353 g/mol. The molecule has 1 heterocycles. The van der Waals surface area contributed by atoms with Crippen molar-refractivity contribution in [3.63, 3.8) is 0 Å². The van der Waals surface area contributed by atoms with Gasteiger partial charge in [-0.1, -0.05) is 27.5 Å². The van der Waals surface area contributed by atoms with Crippen molar-refractivity contribution in [2.75, 3.05) is 5.73 Å². The van der Waals surface area contributed by atoms with Crippen LogP contribution in [0.1, 0.15) is 0 Å². The molecule has 3 rings (SSSR count). The smallest absolute Gasteiger partial charge is 0.163 e. The summed E-state index contributed by atoms with van der Waals surface area (Å²) >= 11 is 9.53. The molecule has 20 heavy (non-hydrogen) atoms. The van der Waals surface area contributed by atoms with E-state index in [1.54, 1.807) is 12.1 Å². The zero-order valence-corrected chi connectivity index (χ0v) is 12.4. The van der Waals surface area contributed by atoms with E-state index in [0.29, 0.717) is 27.3 Å². The van der Waals surface area contributed by atoms with Gasteiger partial charge in [0.2, 0.25) is 0 Å². The molecule has 0 unspecified atom stereocenters. The first-order chi connectivity index (χ1) is 9.54. The summed E-state index contributed by atoms with van der Waals surface area (Å²) in [6.45, 7) is 0. The molecule has 0 aliphatic heterocycles. The Morgan fingerprint density at radius 1 is 1.10 bits per heavy atom. The van der Waals surface area contributed by atoms with Crippen molar-refractivity contribution in [1.29, 1.82) is 0 Å². The Balaban J connectivity index is 2.27. The van der Waals surface area contributed by atoms with Crippen molar-refractivity contribution in [3.8, 4) is 11.4 Å². The molecule has 0 atom stereocenters. The molecular weight excluding hydrogens is 345 g/mol. The van der Waals surface area contributed by atoms with E-state index in [0.717, 1.165) is 4.47 Å². The lowest BCUT2D eigenvalue weighted by atomic mass is 10.2. The minimum Gasteiger partial charge on any atom is -0.383 e. The highest BCUT2D eigenvalue weighted by Gasteiger charge is 2.11. The standard InChI is InChI=1S/C14H8BrClFN3/c15-7-1-3-11(16)9(5-7)14-19-12-4-2-8(17)6-10(12)13(18)20-14/h1-6H,(H2,18,19,20). The summed E-state index contributed by atoms with van der Waals surface area (Å²) in [7, 11) is 0. The van der Waals surface area contributed by atoms with Gasteiger partial charge in [-0.25, -0.2) is 14.4 Å². The largest absolute Gasteiger partial charge is 0.383 e. The number of nitrogen functional groups attached to an aromatic ring is 1. The molecular formula is C14H8BrClFN3. The Kier molecular flexibility index (Phi) is 3.31. The Morgan fingerprint density at radius 3 is 2.70 bits per heavy atom. The topological polar surface area (TPSA) is 51.8 Å². The number of halogens is 3. The molecule has 100 valence electrons. The lowest BCUT2D eigenvalue weighted by Crippen LogP contribution is -1.98. The van der Waals surface area contributed by atoms with Gasteiger partial charge in [0.25, 0.3) is 0 Å². The maximum absolute atomic E-state index is 13.2. The van der Waals surface area contributed by atoms with Crippen LogP contribution < -0.4 is 5.73 Å². The fraction of sp³-hybridized carbons (Fsp3) is 0. The van der Waals surface area contributed by atoms with Gasteiger partial charge >= 0.3 is 0 Å². The molecule has 3 nitrogen and oxygen atoms in total. The molecule has 1 aromatic heterocycles. The maximum Gasteiger partial charge on any atom is 0.163 e. The number of nitrogens with two attached hydrogens (primary N) is 1. The van der Waals surface area contributed by atoms with E-state index < -0.39 is 0 Å². The van der Waals surface area contributed by atoms with Crippen LogP contribution in [0.15, 0.2) is 40.9 Å². The fourth-order valence-corrected chi connectivity index (χ4v) is 2.48. The van der Waals surface area contributed by atoms with Gasteiger partial charge in [-0.3, -0.25) is 0 Å². The molecule has 2 N–H and O–H groups in total. The van der Waals surface area contributed by atoms with Gasteiger partial charge in [-0.05, 0) is 36.4 Å². The lowest BCUT2D eigenvalue weighted by molar-refractivity contribution is 0.629. The van der Waals surface area contributed by atoms with E-state index in [9.17, 15) is 4.39 Å². The first-order valence-electron chi connectivity index (χ1n) is 5.73. The van der Waals surface area contributed by atoms with Gasteiger partial charge in [-0.2, -0.15) is 0 Å². The van der Waals surface area contributed by atoms with E-state index in [1.165, 1.54) is 12.1 Å². The quantitative estimate of drug-likeness (QED) is 0.704. The third-order valence-corrected chi connectivity index (χ3v) is 3.68. The zero-order chi connectivity index (χ0) is 14.3. The summed E-state index contributed by atoms with van der Waals surface area (Å²) in [4.78, 5) is 8.60. The van der Waals surface area contributed by atoms with E-state index in [2.05, 4.69) is 25.9 Å². The summed E-state index contributed by atoms with van der Waals surface area (Å²) in [5, 5.41) is 1.01. The Labute approximate surface area is 127 Å². The van der Waals surface area contributed by atoms with E-state index in [1.807, 2.05) is 12.1 Å². The SMILES string of the molecule is Nc1nc(-c2cc(Br)ccc2Cl)nc2ccc(F)cc12. The van der Waals surface area contributed by atoms with Crippen molar-refractivity contribution in [2.24, 2.45) is 0 Å². The number of anilines is 1. The van der Waals surface area contributed by atoms with Gasteiger partial charge in [0, 0.05) is 15.4 Å². The fourth-order valence-electron chi connectivity index (χ4n) is 1.91. The van der Waals surface area contributed by atoms with E-state index in [4.69, 9.17) is 17.3 Å². The van der Waals surface area contributed by atoms with Crippen LogP contribution in [0.25, 0.3) is 22.3 Å². The number of hydrogen-bond acceptors (Lipinski definition) is 3. The number of hydrogen-bond donors (Lipinski definition) is 1. The highest BCUT2D eigenvalue weighted by Crippen LogP contribution is 2.30. The van der Waals surface area contributed by atoms with Crippen LogP contribution in [0.3, 0.4) is 0 Å². The molecule has 0 aliphatic carbocycles. The molecule has 0 saturated carbocycles. The minimum absolute atomic E-state index is 0.223. The Hall–Kier alpha value is -1.72. The van der Waals surface area contributed by atoms with E-state index in [-0.39, 0.29) is 11.6 Å². The van der Waals surface area contributed by atoms with Crippen molar-refractivity contribution in [3.05, 3.63) is 51.7 Å². The number of rotatable bonds is 1. The van der Waals surface area contributed by atoms with Crippen LogP contribution in [0.2, 0.25) is 5.02 Å². The van der Waals surface area contributed by atoms with Crippen LogP contribution >= 0.6 is 27.5 Å². The summed E-state index contributed by atoms with van der Waals surface area (Å²) in [5.41, 5.74) is 7.12. The molecule has 0 amide bonds. The Bertz CT molecular complexity index is 823. The van der Waals surface area contributed by atoms with Gasteiger partial charge in [0.05, 0.1) is 10.5 Å². The van der Waals surface area contributed by atoms with Crippen LogP contribution in [-0.4, -0.2) is 9.97 Å². The number of aromatic nitrogens is 2. The van der Waals surface area contributed by atoms with Crippen molar-refractivity contribution < 1.29 is 4.39 Å². The molecule has 6 heteroatoms. The van der Waals surface area contributed by atoms with Gasteiger partial charge in [0.1, 0.15) is 11.6 Å². The van der Waals surface area contributed by atoms with Gasteiger partial charge < -0.3 is 5.73 Å². The molecule has 0 saturated heterocycles. The normalized spacial score (nSPS) is 10.9. The van der Waals surface area contributed by atoms with E-state index >= 15 is 0 Å². The molecule has 0 fully saturated rings. The third kappa shape index (κ3) is 2.34. The molecule has 0 aliphatic rings. The summed E-state index contributed by atoms with van der Waals surface area (Å²) in [5.74, 6) is 0.259. The highest BCUT2D eigenvalue weighted by atomic mass is 79.9. The summed E-state index contributed by atoms with van der Waals surface area (Å²) in [6, 6.07) is 9.60. The number of benzene rings is 2. The number of fused-ring (bicyclic) bond motifs is 1. The molecule has 0 spiro atoms. The first-order valence-corrected chi connectivity index (χ1v) is 6.90. The van der Waals surface area contributed by atoms with Crippen LogP contribution in [0, 0.1) is 5.82 Å². The second-order valence-corrected chi connectivity index (χ2v) is 5.54. The predicted molar refractivity (Wildman–Crippen MR) is 82.1 cm³/mol. The molecule has 0 radical (unpaired) electrons. The summed E-state index contributed by atoms with van der Waals surface area (Å²) in [6.07, 6.45) is 0. The second-order valence-electron chi connectivity index (χ2n) is 4.22. The average Bonchev–Trinajstić information content (AvgIpc) is 2.42. The van der Waals surface area contributed by atoms with Gasteiger partial charge in [-0.15, -0.1) is 0 Å². The third-order valence-electron chi connectivity index (χ3n) is 2.86. The van der Waals surface area contributed by atoms with Crippen molar-refractivity contribution in [2.45, 2.75) is 0 Å². The summed E-state index contributed by atoms with van der Waals surface area (Å²) < 4.78 is 14.1. The number of nitrogens with zero attached hydrogens (tertiary/aromatic N) is 2. The van der Waals surface area contributed by atoms with Crippen LogP contribution in [0.5, 0.6) is 0 Å². The lowest BCUT2D eigenvalue weighted by Gasteiger charge is -2.07. The zero-order valence-electron chi connectivity index (χ0n) is 10.1. The second kappa shape index (κ2) is 5.00. The van der Waals surface area contributed by atoms with Crippen LogP contribution in [0.4, 0.5) is 10.2 Å². The van der Waals surface area contributed by atoms with Crippen LogP contribution in [-0.2, 0) is 0 Å². The minimum atomic E-state index is -0.374. The van der Waals surface area contributed by atoms with Crippen molar-refractivity contribution in [1.82, 2.24) is 9.97 Å². The molecule has 0 bridgehead atoms. The predicted octanol–water partition coefficient (Wildman–Crippen LogP) is 4.43. The first kappa shape index (κ1) is 13.3. The monoisotopic (exact) mass is 351 g/mol. The highest BCUT2D eigenvalue weighted by molar-refractivity contribution is 9.10. The molecule has 3 aromatic rings. The van der Waals surface area contributed by atoms with Crippen molar-refractivity contribution >= 4 is 44.3 Å².